The van der Waals surface area contributed by atoms with Crippen LogP contribution in [-0.4, -0.2) is 22.1 Å². The van der Waals surface area contributed by atoms with Crippen molar-refractivity contribution in [2.45, 2.75) is 19.4 Å². The van der Waals surface area contributed by atoms with Crippen LogP contribution >= 0.6 is 23.2 Å². The molecule has 1 amide bonds. The van der Waals surface area contributed by atoms with Gasteiger partial charge in [0.1, 0.15) is 11.6 Å². The number of rotatable bonds is 5. The summed E-state index contributed by atoms with van der Waals surface area (Å²) >= 11 is 11.9. The van der Waals surface area contributed by atoms with Gasteiger partial charge in [-0.1, -0.05) is 35.3 Å². The third-order valence-corrected chi connectivity index (χ3v) is 4.97. The summed E-state index contributed by atoms with van der Waals surface area (Å²) in [5.74, 6) is 1.29. The Labute approximate surface area is 166 Å². The van der Waals surface area contributed by atoms with Gasteiger partial charge in [0.2, 0.25) is 0 Å². The molecule has 138 valence electrons. The first kappa shape index (κ1) is 17.9. The quantitative estimate of drug-likeness (QED) is 0.666. The van der Waals surface area contributed by atoms with E-state index < -0.39 is 0 Å². The van der Waals surface area contributed by atoms with Gasteiger partial charge in [0, 0.05) is 23.7 Å². The van der Waals surface area contributed by atoms with Crippen molar-refractivity contribution in [1.29, 1.82) is 0 Å². The molecule has 0 bridgehead atoms. The lowest BCUT2D eigenvalue weighted by Crippen LogP contribution is -2.20. The van der Waals surface area contributed by atoms with E-state index in [4.69, 9.17) is 27.9 Å². The van der Waals surface area contributed by atoms with Gasteiger partial charge in [-0.25, -0.2) is 4.98 Å². The van der Waals surface area contributed by atoms with Crippen LogP contribution in [0.1, 0.15) is 12.2 Å². The molecule has 27 heavy (non-hydrogen) atoms. The van der Waals surface area contributed by atoms with Gasteiger partial charge in [-0.2, -0.15) is 0 Å². The zero-order valence-electron chi connectivity index (χ0n) is 14.4. The molecule has 1 aliphatic rings. The monoisotopic (exact) mass is 401 g/mol. The van der Waals surface area contributed by atoms with Crippen LogP contribution in [-0.2, 0) is 17.8 Å². The van der Waals surface area contributed by atoms with E-state index in [1.165, 1.54) is 0 Å². The highest BCUT2D eigenvalue weighted by molar-refractivity contribution is 6.35. The first-order valence-corrected chi connectivity index (χ1v) is 9.38. The predicted molar refractivity (Wildman–Crippen MR) is 107 cm³/mol. The summed E-state index contributed by atoms with van der Waals surface area (Å²) in [5.41, 5.74) is 2.90. The van der Waals surface area contributed by atoms with Gasteiger partial charge in [0.15, 0.2) is 6.61 Å². The Morgan fingerprint density at radius 2 is 2.00 bits per heavy atom. The second-order valence-electron chi connectivity index (χ2n) is 6.30. The Hall–Kier alpha value is -2.50. The van der Waals surface area contributed by atoms with E-state index in [1.54, 1.807) is 18.2 Å². The molecule has 0 radical (unpaired) electrons. The smallest absolute Gasteiger partial charge is 0.262 e. The van der Waals surface area contributed by atoms with Crippen LogP contribution in [0.3, 0.4) is 0 Å². The number of hydrogen-bond donors (Lipinski definition) is 1. The number of carbonyl (C=O) groups excluding carboxylic acids is 1. The lowest BCUT2D eigenvalue weighted by atomic mass is 10.1. The number of imidazole rings is 1. The molecule has 5 nitrogen and oxygen atoms in total. The van der Waals surface area contributed by atoms with Gasteiger partial charge in [-0.3, -0.25) is 4.79 Å². The lowest BCUT2D eigenvalue weighted by Gasteiger charge is -2.10. The fourth-order valence-corrected chi connectivity index (χ4v) is 3.61. The van der Waals surface area contributed by atoms with Crippen molar-refractivity contribution in [3.8, 4) is 17.0 Å². The summed E-state index contributed by atoms with van der Waals surface area (Å²) < 4.78 is 7.69. The van der Waals surface area contributed by atoms with E-state index in [0.29, 0.717) is 21.5 Å². The standard InChI is InChI=1S/C20H17Cl2N3O2/c21-14-5-8-18(16(22)10-14)27-12-20(26)24-15-6-3-13(4-7-15)17-11-23-19-2-1-9-25(17)19/h3-8,10-11H,1-2,9,12H2,(H,24,26). The number of benzene rings is 2. The maximum atomic E-state index is 12.1. The minimum absolute atomic E-state index is 0.140. The first-order chi connectivity index (χ1) is 13.1. The third-order valence-electron chi connectivity index (χ3n) is 4.44. The number of carbonyl (C=O) groups is 1. The number of amides is 1. The average Bonchev–Trinajstić information content (AvgIpc) is 3.25. The molecule has 3 aromatic rings. The highest BCUT2D eigenvalue weighted by atomic mass is 35.5. The van der Waals surface area contributed by atoms with Gasteiger partial charge in [-0.15, -0.1) is 0 Å². The summed E-state index contributed by atoms with van der Waals surface area (Å²) in [6.45, 7) is 0.868. The molecule has 1 aromatic heterocycles. The van der Waals surface area contributed by atoms with Crippen LogP contribution in [0.2, 0.25) is 10.0 Å². The maximum Gasteiger partial charge on any atom is 0.262 e. The highest BCUT2D eigenvalue weighted by Crippen LogP contribution is 2.28. The van der Waals surface area contributed by atoms with Gasteiger partial charge < -0.3 is 14.6 Å². The molecule has 7 heteroatoms. The summed E-state index contributed by atoms with van der Waals surface area (Å²) in [5, 5.41) is 3.70. The second kappa shape index (κ2) is 7.62. The van der Waals surface area contributed by atoms with Crippen molar-refractivity contribution in [3.05, 3.63) is 64.5 Å². The molecule has 1 N–H and O–H groups in total. The van der Waals surface area contributed by atoms with Crippen molar-refractivity contribution in [2.75, 3.05) is 11.9 Å². The summed E-state index contributed by atoms with van der Waals surface area (Å²) in [4.78, 5) is 16.6. The topological polar surface area (TPSA) is 56.1 Å². The van der Waals surface area contributed by atoms with Gasteiger partial charge in [-0.05, 0) is 42.3 Å². The van der Waals surface area contributed by atoms with Crippen molar-refractivity contribution in [1.82, 2.24) is 9.55 Å². The molecule has 1 aliphatic heterocycles. The molecule has 0 saturated carbocycles. The Kier molecular flexibility index (Phi) is 5.05. The summed E-state index contributed by atoms with van der Waals surface area (Å²) in [6, 6.07) is 12.6. The normalized spacial score (nSPS) is 12.7. The molecule has 0 saturated heterocycles. The summed E-state index contributed by atoms with van der Waals surface area (Å²) in [7, 11) is 0. The molecular weight excluding hydrogens is 385 g/mol. The molecular formula is C20H17Cl2N3O2. The minimum Gasteiger partial charge on any atom is -0.482 e. The van der Waals surface area contributed by atoms with Gasteiger partial charge in [0.25, 0.3) is 5.91 Å². The number of nitrogens with one attached hydrogen (secondary N) is 1. The van der Waals surface area contributed by atoms with Crippen molar-refractivity contribution in [2.24, 2.45) is 0 Å². The number of aromatic nitrogens is 2. The Bertz CT molecular complexity index is 983. The molecule has 0 atom stereocenters. The predicted octanol–water partition coefficient (Wildman–Crippen LogP) is 4.82. The fraction of sp³-hybridized carbons (Fsp3) is 0.200. The van der Waals surface area contributed by atoms with Crippen LogP contribution in [0, 0.1) is 0 Å². The Morgan fingerprint density at radius 3 is 2.78 bits per heavy atom. The second-order valence-corrected chi connectivity index (χ2v) is 7.15. The number of halogens is 2. The number of nitrogens with zero attached hydrogens (tertiary/aromatic N) is 2. The van der Waals surface area contributed by atoms with E-state index in [-0.39, 0.29) is 12.5 Å². The summed E-state index contributed by atoms with van der Waals surface area (Å²) in [6.07, 6.45) is 4.08. The average molecular weight is 402 g/mol. The highest BCUT2D eigenvalue weighted by Gasteiger charge is 2.16. The Balaban J connectivity index is 1.37. The third kappa shape index (κ3) is 3.94. The molecule has 0 unspecified atom stereocenters. The van der Waals surface area contributed by atoms with Crippen LogP contribution < -0.4 is 10.1 Å². The van der Waals surface area contributed by atoms with Gasteiger partial charge >= 0.3 is 0 Å². The number of ether oxygens (including phenoxy) is 1. The number of fused-ring (bicyclic) bond motifs is 1. The van der Waals surface area contributed by atoms with Crippen LogP contribution in [0.25, 0.3) is 11.3 Å². The molecule has 0 fully saturated rings. The first-order valence-electron chi connectivity index (χ1n) is 8.63. The molecule has 4 rings (SSSR count). The van der Waals surface area contributed by atoms with E-state index in [2.05, 4.69) is 14.9 Å². The molecule has 0 aliphatic carbocycles. The van der Waals surface area contributed by atoms with Crippen molar-refractivity contribution >= 4 is 34.8 Å². The Morgan fingerprint density at radius 1 is 1.19 bits per heavy atom. The van der Waals surface area contributed by atoms with E-state index in [1.807, 2.05) is 30.5 Å². The molecule has 0 spiro atoms. The molecule has 2 aromatic carbocycles. The number of anilines is 1. The van der Waals surface area contributed by atoms with E-state index in [9.17, 15) is 4.79 Å². The molecule has 2 heterocycles. The van der Waals surface area contributed by atoms with Gasteiger partial charge in [0.05, 0.1) is 16.9 Å². The maximum absolute atomic E-state index is 12.1. The van der Waals surface area contributed by atoms with Crippen LogP contribution in [0.5, 0.6) is 5.75 Å². The minimum atomic E-state index is -0.265. The van der Waals surface area contributed by atoms with Crippen LogP contribution in [0.4, 0.5) is 5.69 Å². The number of hydrogen-bond acceptors (Lipinski definition) is 3. The lowest BCUT2D eigenvalue weighted by molar-refractivity contribution is -0.118. The zero-order chi connectivity index (χ0) is 18.8. The zero-order valence-corrected chi connectivity index (χ0v) is 15.9. The fourth-order valence-electron chi connectivity index (χ4n) is 3.15. The van der Waals surface area contributed by atoms with E-state index >= 15 is 0 Å². The largest absolute Gasteiger partial charge is 0.482 e. The van der Waals surface area contributed by atoms with Crippen LogP contribution in [0.15, 0.2) is 48.7 Å². The number of aryl methyl sites for hydroxylation is 1. The van der Waals surface area contributed by atoms with E-state index in [0.717, 1.165) is 36.5 Å². The van der Waals surface area contributed by atoms with Crippen molar-refractivity contribution < 1.29 is 9.53 Å². The van der Waals surface area contributed by atoms with Crippen molar-refractivity contribution in [3.63, 3.8) is 0 Å². The SMILES string of the molecule is O=C(COc1ccc(Cl)cc1Cl)Nc1ccc(-c2cnc3n2CCC3)cc1.